The molecule has 2 aromatic carbocycles. The molecule has 0 amide bonds. The molecule has 1 aliphatic rings. The Morgan fingerprint density at radius 1 is 1.15 bits per heavy atom. The van der Waals surface area contributed by atoms with E-state index in [4.69, 9.17) is 0 Å². The normalized spacial score (nSPS) is 16.3. The molecule has 0 saturated heterocycles. The highest BCUT2D eigenvalue weighted by molar-refractivity contribution is 5.34. The lowest BCUT2D eigenvalue weighted by molar-refractivity contribution is 0.0714. The van der Waals surface area contributed by atoms with Crippen molar-refractivity contribution in [1.29, 1.82) is 0 Å². The summed E-state index contributed by atoms with van der Waals surface area (Å²) in [6, 6.07) is 12.7. The van der Waals surface area contributed by atoms with E-state index in [1.54, 1.807) is 12.1 Å². The number of benzene rings is 2. The number of rotatable bonds is 6. The van der Waals surface area contributed by atoms with E-state index in [0.29, 0.717) is 12.1 Å². The second-order valence-electron chi connectivity index (χ2n) is 7.97. The van der Waals surface area contributed by atoms with Crippen LogP contribution in [0.3, 0.4) is 0 Å². The van der Waals surface area contributed by atoms with E-state index in [-0.39, 0.29) is 5.82 Å². The van der Waals surface area contributed by atoms with Crippen molar-refractivity contribution in [3.05, 3.63) is 70.5 Å². The SMILES string of the molecule is CC(C)(O)CCc1ccc2c(c1)CCN(CC(O)c1cccc(F)c1)C2. The molecule has 0 bridgehead atoms. The number of aryl methyl sites for hydroxylation is 1. The van der Waals surface area contributed by atoms with Gasteiger partial charge in [0, 0.05) is 19.6 Å². The predicted octanol–water partition coefficient (Wildman–Crippen LogP) is 3.62. The Morgan fingerprint density at radius 2 is 1.96 bits per heavy atom. The molecule has 0 saturated carbocycles. The molecular weight excluding hydrogens is 329 g/mol. The number of aliphatic hydroxyl groups excluding tert-OH is 1. The average Bonchev–Trinajstić information content (AvgIpc) is 2.59. The zero-order valence-electron chi connectivity index (χ0n) is 15.6. The number of halogens is 1. The van der Waals surface area contributed by atoms with Gasteiger partial charge in [0.05, 0.1) is 11.7 Å². The van der Waals surface area contributed by atoms with Crippen molar-refractivity contribution in [1.82, 2.24) is 4.90 Å². The number of aliphatic hydroxyl groups is 2. The summed E-state index contributed by atoms with van der Waals surface area (Å²) in [5, 5.41) is 20.3. The maximum Gasteiger partial charge on any atom is 0.123 e. The summed E-state index contributed by atoms with van der Waals surface area (Å²) >= 11 is 0. The van der Waals surface area contributed by atoms with Gasteiger partial charge in [-0.1, -0.05) is 30.3 Å². The zero-order valence-corrected chi connectivity index (χ0v) is 15.6. The van der Waals surface area contributed by atoms with Crippen molar-refractivity contribution in [2.75, 3.05) is 13.1 Å². The maximum atomic E-state index is 13.3. The van der Waals surface area contributed by atoms with Crippen molar-refractivity contribution in [3.63, 3.8) is 0 Å². The second kappa shape index (κ2) is 7.87. The molecule has 140 valence electrons. The van der Waals surface area contributed by atoms with E-state index in [1.165, 1.54) is 28.8 Å². The van der Waals surface area contributed by atoms with Crippen LogP contribution in [-0.2, 0) is 19.4 Å². The van der Waals surface area contributed by atoms with Gasteiger partial charge in [-0.05, 0) is 67.5 Å². The highest BCUT2D eigenvalue weighted by Gasteiger charge is 2.20. The number of hydrogen-bond donors (Lipinski definition) is 2. The maximum absolute atomic E-state index is 13.3. The van der Waals surface area contributed by atoms with E-state index in [2.05, 4.69) is 23.1 Å². The Hall–Kier alpha value is -1.75. The van der Waals surface area contributed by atoms with E-state index in [0.717, 1.165) is 32.4 Å². The van der Waals surface area contributed by atoms with Gasteiger partial charge in [0.2, 0.25) is 0 Å². The first-order chi connectivity index (χ1) is 12.3. The second-order valence-corrected chi connectivity index (χ2v) is 7.97. The highest BCUT2D eigenvalue weighted by atomic mass is 19.1. The van der Waals surface area contributed by atoms with E-state index in [9.17, 15) is 14.6 Å². The van der Waals surface area contributed by atoms with Crippen molar-refractivity contribution in [2.45, 2.75) is 51.4 Å². The smallest absolute Gasteiger partial charge is 0.123 e. The third-order valence-corrected chi connectivity index (χ3v) is 5.05. The number of β-amino-alcohol motifs (C(OH)–C–C–N with tert-alkyl or cyclic N) is 1. The first-order valence-electron chi connectivity index (χ1n) is 9.29. The summed E-state index contributed by atoms with van der Waals surface area (Å²) in [6.45, 7) is 5.87. The molecule has 0 aliphatic carbocycles. The lowest BCUT2D eigenvalue weighted by atomic mass is 9.93. The van der Waals surface area contributed by atoms with Gasteiger partial charge in [0.25, 0.3) is 0 Å². The Balaban J connectivity index is 1.61. The number of fused-ring (bicyclic) bond motifs is 1. The summed E-state index contributed by atoms with van der Waals surface area (Å²) in [6.07, 6.45) is 1.89. The first kappa shape index (κ1) is 19.0. The predicted molar refractivity (Wildman–Crippen MR) is 101 cm³/mol. The molecule has 3 rings (SSSR count). The van der Waals surface area contributed by atoms with Crippen LogP contribution in [0.5, 0.6) is 0 Å². The van der Waals surface area contributed by atoms with Gasteiger partial charge < -0.3 is 10.2 Å². The van der Waals surface area contributed by atoms with Gasteiger partial charge in [-0.2, -0.15) is 0 Å². The van der Waals surface area contributed by atoms with Crippen LogP contribution in [0.2, 0.25) is 0 Å². The Morgan fingerprint density at radius 3 is 2.69 bits per heavy atom. The Labute approximate surface area is 155 Å². The fourth-order valence-corrected chi connectivity index (χ4v) is 3.49. The molecule has 2 aromatic rings. The van der Waals surface area contributed by atoms with Crippen molar-refractivity contribution >= 4 is 0 Å². The minimum atomic E-state index is -0.682. The van der Waals surface area contributed by atoms with Crippen LogP contribution in [-0.4, -0.2) is 33.8 Å². The molecule has 1 atom stereocenters. The molecule has 1 heterocycles. The Bertz CT molecular complexity index is 754. The van der Waals surface area contributed by atoms with E-state index in [1.807, 2.05) is 13.8 Å². The summed E-state index contributed by atoms with van der Waals surface area (Å²) in [5.41, 5.74) is 3.89. The lowest BCUT2D eigenvalue weighted by Crippen LogP contribution is -2.34. The third-order valence-electron chi connectivity index (χ3n) is 5.05. The summed E-state index contributed by atoms with van der Waals surface area (Å²) in [5.74, 6) is -0.316. The minimum absolute atomic E-state index is 0.316. The fraction of sp³-hybridized carbons (Fsp3) is 0.455. The lowest BCUT2D eigenvalue weighted by Gasteiger charge is -2.31. The number of nitrogens with zero attached hydrogens (tertiary/aromatic N) is 1. The van der Waals surface area contributed by atoms with Crippen LogP contribution in [0.4, 0.5) is 4.39 Å². The summed E-state index contributed by atoms with van der Waals surface area (Å²) in [7, 11) is 0. The van der Waals surface area contributed by atoms with Crippen LogP contribution in [0.1, 0.15) is 48.6 Å². The van der Waals surface area contributed by atoms with Crippen LogP contribution in [0.25, 0.3) is 0 Å². The molecule has 1 unspecified atom stereocenters. The van der Waals surface area contributed by atoms with Crippen LogP contribution in [0.15, 0.2) is 42.5 Å². The molecule has 0 fully saturated rings. The van der Waals surface area contributed by atoms with Crippen LogP contribution < -0.4 is 0 Å². The third kappa shape index (κ3) is 5.13. The van der Waals surface area contributed by atoms with Crippen molar-refractivity contribution in [3.8, 4) is 0 Å². The van der Waals surface area contributed by atoms with E-state index >= 15 is 0 Å². The molecule has 0 aromatic heterocycles. The molecule has 0 radical (unpaired) electrons. The average molecular weight is 357 g/mol. The molecular formula is C22H28FNO2. The monoisotopic (exact) mass is 357 g/mol. The molecule has 26 heavy (non-hydrogen) atoms. The largest absolute Gasteiger partial charge is 0.390 e. The molecule has 3 nitrogen and oxygen atoms in total. The zero-order chi connectivity index (χ0) is 18.7. The van der Waals surface area contributed by atoms with Crippen LogP contribution in [0, 0.1) is 5.82 Å². The fourth-order valence-electron chi connectivity index (χ4n) is 3.49. The van der Waals surface area contributed by atoms with Gasteiger partial charge in [0.15, 0.2) is 0 Å². The summed E-state index contributed by atoms with van der Waals surface area (Å²) in [4.78, 5) is 2.22. The van der Waals surface area contributed by atoms with Gasteiger partial charge in [-0.15, -0.1) is 0 Å². The molecule has 4 heteroatoms. The highest BCUT2D eigenvalue weighted by Crippen LogP contribution is 2.24. The Kier molecular flexibility index (Phi) is 5.76. The number of hydrogen-bond acceptors (Lipinski definition) is 3. The van der Waals surface area contributed by atoms with Gasteiger partial charge in [-0.3, -0.25) is 4.90 Å². The first-order valence-corrected chi connectivity index (χ1v) is 9.29. The van der Waals surface area contributed by atoms with Crippen molar-refractivity contribution in [2.24, 2.45) is 0 Å². The van der Waals surface area contributed by atoms with Crippen molar-refractivity contribution < 1.29 is 14.6 Å². The van der Waals surface area contributed by atoms with E-state index < -0.39 is 11.7 Å². The molecule has 0 spiro atoms. The standard InChI is InChI=1S/C22H28FNO2/c1-22(2,26)10-8-16-6-7-19-14-24(11-9-17(19)12-16)15-21(25)18-4-3-5-20(23)13-18/h3-7,12-13,21,25-26H,8-11,14-15H2,1-2H3. The van der Waals surface area contributed by atoms with Gasteiger partial charge in [0.1, 0.15) is 5.82 Å². The quantitative estimate of drug-likeness (QED) is 0.830. The topological polar surface area (TPSA) is 43.7 Å². The molecule has 1 aliphatic heterocycles. The summed E-state index contributed by atoms with van der Waals surface area (Å²) < 4.78 is 13.3. The van der Waals surface area contributed by atoms with Gasteiger partial charge in [-0.25, -0.2) is 4.39 Å². The minimum Gasteiger partial charge on any atom is -0.390 e. The van der Waals surface area contributed by atoms with Crippen LogP contribution >= 0.6 is 0 Å². The van der Waals surface area contributed by atoms with Gasteiger partial charge >= 0.3 is 0 Å². The molecule has 2 N–H and O–H groups in total.